The Balaban J connectivity index is 1.36. The molecular weight excluding hydrogens is 668 g/mol. The van der Waals surface area contributed by atoms with Crippen molar-refractivity contribution in [1.82, 2.24) is 9.80 Å². The van der Waals surface area contributed by atoms with Gasteiger partial charge in [0.1, 0.15) is 28.4 Å². The summed E-state index contributed by atoms with van der Waals surface area (Å²) in [5, 5.41) is 12.0. The minimum absolute atomic E-state index is 0.0642. The number of ketones is 2. The van der Waals surface area contributed by atoms with Gasteiger partial charge in [0.05, 0.1) is 11.2 Å². The highest BCUT2D eigenvalue weighted by atomic mass is 16.6. The lowest BCUT2D eigenvalue weighted by molar-refractivity contribution is -0.171. The molecule has 7 aliphatic rings. The first-order valence-electron chi connectivity index (χ1n) is 19.3. The van der Waals surface area contributed by atoms with E-state index in [9.17, 15) is 14.7 Å². The van der Waals surface area contributed by atoms with Crippen LogP contribution >= 0.6 is 0 Å². The molecule has 4 aliphatic heterocycles. The SMILES string of the molecule is CC(C)=CCCC1(C)C=Cc2c(O)c3c(c(CC=C(C)C)c2O1)OC12C(=CC4CC1C(C)(C)OC2(CC=C(C)C(=O)N1CCC(N(C)C)C1)C4=O)C3=O. The van der Waals surface area contributed by atoms with E-state index in [0.29, 0.717) is 66.4 Å². The number of benzene rings is 1. The molecule has 6 unspecified atom stereocenters. The second-order valence-electron chi connectivity index (χ2n) is 17.6. The molecule has 1 amide bonds. The molecule has 0 radical (unpaired) electrons. The van der Waals surface area contributed by atoms with Gasteiger partial charge in [-0.1, -0.05) is 35.5 Å². The van der Waals surface area contributed by atoms with Crippen molar-refractivity contribution < 1.29 is 33.7 Å². The molecule has 284 valence electrons. The number of amides is 1. The number of hydrogen-bond donors (Lipinski definition) is 1. The van der Waals surface area contributed by atoms with Gasteiger partial charge in [0.2, 0.25) is 5.91 Å². The van der Waals surface area contributed by atoms with E-state index in [1.54, 1.807) is 13.0 Å². The van der Waals surface area contributed by atoms with Crippen molar-refractivity contribution in [3.8, 4) is 17.2 Å². The van der Waals surface area contributed by atoms with Crippen LogP contribution in [0, 0.1) is 11.8 Å². The molecule has 1 aromatic carbocycles. The van der Waals surface area contributed by atoms with Crippen molar-refractivity contribution in [2.45, 2.75) is 122 Å². The Morgan fingerprint density at radius 2 is 1.74 bits per heavy atom. The van der Waals surface area contributed by atoms with Gasteiger partial charge in [-0.3, -0.25) is 14.4 Å². The van der Waals surface area contributed by atoms with Crippen LogP contribution in [0.1, 0.15) is 109 Å². The van der Waals surface area contributed by atoms with Crippen molar-refractivity contribution >= 4 is 23.5 Å². The number of ether oxygens (including phenoxy) is 3. The molecule has 1 spiro atoms. The number of Topliss-reactive ketones (excluding diaryl/α,β-unsaturated/α-hetero) is 2. The van der Waals surface area contributed by atoms with Crippen LogP contribution in [0.25, 0.3) is 6.08 Å². The summed E-state index contributed by atoms with van der Waals surface area (Å²) >= 11 is 0. The molecule has 9 heteroatoms. The Hall–Kier alpha value is -3.95. The number of phenols is 1. The maximum absolute atomic E-state index is 15.0. The monoisotopic (exact) mass is 724 g/mol. The van der Waals surface area contributed by atoms with Gasteiger partial charge in [0.25, 0.3) is 0 Å². The summed E-state index contributed by atoms with van der Waals surface area (Å²) in [6.45, 7) is 17.3. The van der Waals surface area contributed by atoms with Crippen molar-refractivity contribution in [3.05, 3.63) is 69.4 Å². The van der Waals surface area contributed by atoms with E-state index in [1.807, 2.05) is 71.8 Å². The van der Waals surface area contributed by atoms with E-state index in [4.69, 9.17) is 14.2 Å². The van der Waals surface area contributed by atoms with Crippen molar-refractivity contribution in [3.63, 3.8) is 0 Å². The van der Waals surface area contributed by atoms with Crippen LogP contribution in [-0.2, 0) is 20.7 Å². The first kappa shape index (κ1) is 37.4. The molecule has 3 aliphatic carbocycles. The molecule has 1 N–H and O–H groups in total. The molecule has 8 rings (SSSR count). The number of aromatic hydroxyl groups is 1. The molecule has 1 aromatic rings. The molecule has 1 saturated carbocycles. The van der Waals surface area contributed by atoms with Gasteiger partial charge < -0.3 is 29.1 Å². The van der Waals surface area contributed by atoms with Crippen LogP contribution in [0.15, 0.2) is 52.7 Å². The van der Waals surface area contributed by atoms with E-state index in [-0.39, 0.29) is 46.9 Å². The first-order valence-corrected chi connectivity index (χ1v) is 19.3. The van der Waals surface area contributed by atoms with Crippen LogP contribution in [0.4, 0.5) is 0 Å². The van der Waals surface area contributed by atoms with Crippen molar-refractivity contribution in [1.29, 1.82) is 0 Å². The highest BCUT2D eigenvalue weighted by Crippen LogP contribution is 2.68. The van der Waals surface area contributed by atoms with Crippen LogP contribution in [-0.4, -0.2) is 88.0 Å². The van der Waals surface area contributed by atoms with Gasteiger partial charge >= 0.3 is 0 Å². The number of likely N-dealkylation sites (N-methyl/N-ethyl adjacent to an activating group) is 1. The smallest absolute Gasteiger partial charge is 0.249 e. The minimum atomic E-state index is -1.56. The summed E-state index contributed by atoms with van der Waals surface area (Å²) in [6, 6.07) is 0.298. The zero-order chi connectivity index (χ0) is 38.4. The topological polar surface area (TPSA) is 106 Å². The fourth-order valence-corrected chi connectivity index (χ4v) is 9.77. The van der Waals surface area contributed by atoms with E-state index >= 15 is 4.79 Å². The third kappa shape index (κ3) is 5.67. The average molecular weight is 725 g/mol. The van der Waals surface area contributed by atoms with E-state index in [1.165, 1.54) is 5.57 Å². The summed E-state index contributed by atoms with van der Waals surface area (Å²) in [5.74, 6) is -0.902. The third-order valence-electron chi connectivity index (χ3n) is 12.7. The van der Waals surface area contributed by atoms with Crippen molar-refractivity contribution in [2.75, 3.05) is 27.2 Å². The summed E-state index contributed by atoms with van der Waals surface area (Å²) < 4.78 is 21.1. The number of phenolic OH excluding ortho intramolecular Hbond substituents is 1. The van der Waals surface area contributed by atoms with Crippen LogP contribution in [0.5, 0.6) is 17.2 Å². The summed E-state index contributed by atoms with van der Waals surface area (Å²) in [5.41, 5.74) is -0.109. The number of fused-ring (bicyclic) bond motifs is 2. The van der Waals surface area contributed by atoms with Crippen molar-refractivity contribution in [2.24, 2.45) is 11.8 Å². The maximum Gasteiger partial charge on any atom is 0.249 e. The highest BCUT2D eigenvalue weighted by molar-refractivity contribution is 6.19. The highest BCUT2D eigenvalue weighted by Gasteiger charge is 2.81. The van der Waals surface area contributed by atoms with Crippen LogP contribution < -0.4 is 9.47 Å². The number of hydrogen-bond acceptors (Lipinski definition) is 8. The fourth-order valence-electron chi connectivity index (χ4n) is 9.77. The predicted molar refractivity (Wildman–Crippen MR) is 205 cm³/mol. The number of carbonyl (C=O) groups is 3. The number of nitrogens with zero attached hydrogens (tertiary/aromatic N) is 2. The van der Waals surface area contributed by atoms with Gasteiger partial charge in [-0.2, -0.15) is 0 Å². The van der Waals surface area contributed by atoms with Gasteiger partial charge in [0, 0.05) is 54.1 Å². The standard InChI is InChI=1S/C44H56N2O7/c1-25(2)12-11-18-42(8)19-16-30-35(47)34-36(48)32-22-28-23-33-41(6,7)53-43(39(28)49,20-15-27(5)40(50)46-21-17-29(24-46)45(9)10)44(32,33)52-38(34)31(37(30)51-42)14-13-26(3)4/h12-13,15-16,19,22,28-29,33,47H,11,14,17-18,20-21,23-24H2,1-10H3. The number of likely N-dealkylation sites (tertiary alicyclic amines) is 1. The Bertz CT molecular complexity index is 1940. The summed E-state index contributed by atoms with van der Waals surface area (Å²) in [6.07, 6.45) is 15.0. The molecule has 9 nitrogen and oxygen atoms in total. The molecule has 0 aromatic heterocycles. The van der Waals surface area contributed by atoms with Gasteiger partial charge in [-0.25, -0.2) is 0 Å². The Labute approximate surface area is 314 Å². The zero-order valence-electron chi connectivity index (χ0n) is 33.1. The normalized spacial score (nSPS) is 31.8. The molecule has 53 heavy (non-hydrogen) atoms. The second-order valence-corrected chi connectivity index (χ2v) is 17.6. The lowest BCUT2D eigenvalue weighted by atomic mass is 9.51. The summed E-state index contributed by atoms with van der Waals surface area (Å²) in [7, 11) is 4.06. The lowest BCUT2D eigenvalue weighted by Gasteiger charge is -2.56. The third-order valence-corrected chi connectivity index (χ3v) is 12.7. The van der Waals surface area contributed by atoms with E-state index in [2.05, 4.69) is 30.9 Å². The summed E-state index contributed by atoms with van der Waals surface area (Å²) in [4.78, 5) is 47.5. The van der Waals surface area contributed by atoms with Gasteiger partial charge in [-0.05, 0) is 114 Å². The quantitative estimate of drug-likeness (QED) is 0.209. The second kappa shape index (κ2) is 12.8. The maximum atomic E-state index is 15.0. The Kier molecular flexibility index (Phi) is 9.05. The van der Waals surface area contributed by atoms with Crippen LogP contribution in [0.3, 0.4) is 0 Å². The number of allylic oxidation sites excluding steroid dienone is 5. The predicted octanol–water partition coefficient (Wildman–Crippen LogP) is 7.32. The number of rotatable bonds is 9. The largest absolute Gasteiger partial charge is 0.506 e. The molecule has 2 saturated heterocycles. The van der Waals surface area contributed by atoms with Gasteiger partial charge in [-0.15, -0.1) is 0 Å². The van der Waals surface area contributed by atoms with Gasteiger partial charge in [0.15, 0.2) is 22.8 Å². The average Bonchev–Trinajstić information content (AvgIpc) is 3.63. The molecular formula is C44H56N2O7. The molecule has 6 atom stereocenters. The molecule has 4 bridgehead atoms. The Morgan fingerprint density at radius 1 is 1.02 bits per heavy atom. The van der Waals surface area contributed by atoms with E-state index < -0.39 is 28.3 Å². The molecule has 4 heterocycles. The molecule has 3 fully saturated rings. The zero-order valence-corrected chi connectivity index (χ0v) is 33.1. The fraction of sp³-hybridized carbons (Fsp3) is 0.568. The lowest BCUT2D eigenvalue weighted by Crippen LogP contribution is -2.72. The number of carbonyl (C=O) groups excluding carboxylic acids is 3. The Morgan fingerprint density at radius 3 is 2.40 bits per heavy atom. The van der Waals surface area contributed by atoms with E-state index in [0.717, 1.165) is 18.4 Å². The minimum Gasteiger partial charge on any atom is -0.506 e. The first-order chi connectivity index (χ1) is 24.9. The van der Waals surface area contributed by atoms with Crippen LogP contribution in [0.2, 0.25) is 0 Å².